The lowest BCUT2D eigenvalue weighted by Crippen LogP contribution is -2.36. The zero-order valence-electron chi connectivity index (χ0n) is 14.9. The maximum absolute atomic E-state index is 12.7. The summed E-state index contributed by atoms with van der Waals surface area (Å²) in [6.45, 7) is 3.27. The second-order valence-corrected chi connectivity index (χ2v) is 8.31. The third-order valence-electron chi connectivity index (χ3n) is 5.65. The van der Waals surface area contributed by atoms with Crippen LogP contribution in [0.25, 0.3) is 11.1 Å². The highest BCUT2D eigenvalue weighted by Gasteiger charge is 2.39. The molecule has 2 aliphatic heterocycles. The fraction of sp³-hybridized carbons (Fsp3) is 0.476. The summed E-state index contributed by atoms with van der Waals surface area (Å²) in [6.07, 6.45) is 4.87. The van der Waals surface area contributed by atoms with Gasteiger partial charge in [-0.05, 0) is 54.9 Å². The SMILES string of the molecule is CN1C(=O)C(CN2CCCCC2)CC1c1cc(-c2ccccc2)cs1. The molecular weight excluding hydrogens is 328 g/mol. The van der Waals surface area contributed by atoms with Crippen molar-refractivity contribution in [3.8, 4) is 11.1 Å². The maximum Gasteiger partial charge on any atom is 0.227 e. The van der Waals surface area contributed by atoms with E-state index in [-0.39, 0.29) is 12.0 Å². The molecule has 0 aliphatic carbocycles. The summed E-state index contributed by atoms with van der Waals surface area (Å²) in [4.78, 5) is 18.5. The molecule has 0 N–H and O–H groups in total. The smallest absolute Gasteiger partial charge is 0.227 e. The number of thiophene rings is 1. The molecule has 1 aromatic carbocycles. The molecule has 0 spiro atoms. The maximum atomic E-state index is 12.7. The van der Waals surface area contributed by atoms with Crippen molar-refractivity contribution in [1.29, 1.82) is 0 Å². The minimum Gasteiger partial charge on any atom is -0.338 e. The molecule has 132 valence electrons. The van der Waals surface area contributed by atoms with Gasteiger partial charge in [0.05, 0.1) is 12.0 Å². The molecule has 25 heavy (non-hydrogen) atoms. The minimum absolute atomic E-state index is 0.162. The molecule has 2 unspecified atom stereocenters. The van der Waals surface area contributed by atoms with Gasteiger partial charge < -0.3 is 9.80 Å². The third-order valence-corrected chi connectivity index (χ3v) is 6.69. The normalized spacial score (nSPS) is 24.8. The van der Waals surface area contributed by atoms with Gasteiger partial charge in [0.25, 0.3) is 0 Å². The van der Waals surface area contributed by atoms with Crippen molar-refractivity contribution in [2.75, 3.05) is 26.7 Å². The molecule has 0 saturated carbocycles. The first kappa shape index (κ1) is 16.8. The van der Waals surface area contributed by atoms with E-state index in [0.717, 1.165) is 26.1 Å². The van der Waals surface area contributed by atoms with E-state index < -0.39 is 0 Å². The van der Waals surface area contributed by atoms with Crippen LogP contribution in [-0.4, -0.2) is 42.4 Å². The van der Waals surface area contributed by atoms with Gasteiger partial charge in [0.2, 0.25) is 5.91 Å². The number of nitrogens with zero attached hydrogens (tertiary/aromatic N) is 2. The van der Waals surface area contributed by atoms with E-state index in [4.69, 9.17) is 0 Å². The molecule has 2 atom stereocenters. The molecule has 4 heteroatoms. The molecule has 0 radical (unpaired) electrons. The van der Waals surface area contributed by atoms with Gasteiger partial charge in [-0.25, -0.2) is 0 Å². The van der Waals surface area contributed by atoms with Crippen LogP contribution in [0.15, 0.2) is 41.8 Å². The van der Waals surface area contributed by atoms with Crippen LogP contribution in [0.2, 0.25) is 0 Å². The molecule has 1 amide bonds. The Kier molecular flexibility index (Phi) is 4.91. The Morgan fingerprint density at radius 3 is 2.60 bits per heavy atom. The molecular formula is C21H26N2OS. The number of hydrogen-bond acceptors (Lipinski definition) is 3. The van der Waals surface area contributed by atoms with Gasteiger partial charge in [-0.15, -0.1) is 11.3 Å². The number of likely N-dealkylation sites (tertiary alicyclic amines) is 2. The van der Waals surface area contributed by atoms with E-state index in [1.165, 1.54) is 35.3 Å². The zero-order valence-corrected chi connectivity index (χ0v) is 15.7. The van der Waals surface area contributed by atoms with E-state index >= 15 is 0 Å². The van der Waals surface area contributed by atoms with E-state index in [1.54, 1.807) is 11.3 Å². The average Bonchev–Trinajstić information content (AvgIpc) is 3.24. The Morgan fingerprint density at radius 1 is 1.08 bits per heavy atom. The van der Waals surface area contributed by atoms with Crippen LogP contribution in [0.3, 0.4) is 0 Å². The Labute approximate surface area is 154 Å². The Morgan fingerprint density at radius 2 is 1.84 bits per heavy atom. The van der Waals surface area contributed by atoms with Gasteiger partial charge in [0.1, 0.15) is 0 Å². The predicted octanol–water partition coefficient (Wildman–Crippen LogP) is 4.42. The van der Waals surface area contributed by atoms with Crippen LogP contribution < -0.4 is 0 Å². The lowest BCUT2D eigenvalue weighted by molar-refractivity contribution is -0.131. The summed E-state index contributed by atoms with van der Waals surface area (Å²) < 4.78 is 0. The summed E-state index contributed by atoms with van der Waals surface area (Å²) in [5.41, 5.74) is 2.52. The molecule has 2 aliphatic rings. The third kappa shape index (κ3) is 3.51. The molecule has 2 fully saturated rings. The quantitative estimate of drug-likeness (QED) is 0.811. The van der Waals surface area contributed by atoms with Crippen molar-refractivity contribution in [3.05, 3.63) is 46.7 Å². The second-order valence-electron chi connectivity index (χ2n) is 7.36. The monoisotopic (exact) mass is 354 g/mol. The van der Waals surface area contributed by atoms with Crippen LogP contribution >= 0.6 is 11.3 Å². The summed E-state index contributed by atoms with van der Waals surface area (Å²) in [7, 11) is 1.98. The number of piperidine rings is 1. The second kappa shape index (κ2) is 7.30. The van der Waals surface area contributed by atoms with Crippen LogP contribution in [0.5, 0.6) is 0 Å². The van der Waals surface area contributed by atoms with Crippen LogP contribution in [0.4, 0.5) is 0 Å². The lowest BCUT2D eigenvalue weighted by atomic mass is 10.0. The summed E-state index contributed by atoms with van der Waals surface area (Å²) in [6, 6.07) is 13.0. The standard InChI is InChI=1S/C21H26N2OS/c1-22-19(12-17(21(22)24)14-23-10-6-3-7-11-23)20-13-18(15-25-20)16-8-4-2-5-9-16/h2,4-5,8-9,13,15,17,19H,3,6-7,10-12,14H2,1H3. The minimum atomic E-state index is 0.162. The molecule has 3 heterocycles. The first-order valence-electron chi connectivity index (χ1n) is 9.35. The Bertz CT molecular complexity index is 721. The topological polar surface area (TPSA) is 23.6 Å². The highest BCUT2D eigenvalue weighted by Crippen LogP contribution is 2.40. The number of carbonyl (C=O) groups is 1. The van der Waals surface area contributed by atoms with Crippen molar-refractivity contribution < 1.29 is 4.79 Å². The number of benzene rings is 1. The molecule has 1 aromatic heterocycles. The zero-order chi connectivity index (χ0) is 17.2. The van der Waals surface area contributed by atoms with Gasteiger partial charge in [-0.2, -0.15) is 0 Å². The van der Waals surface area contributed by atoms with Gasteiger partial charge in [0, 0.05) is 18.5 Å². The Hall–Kier alpha value is -1.65. The molecule has 3 nitrogen and oxygen atoms in total. The van der Waals surface area contributed by atoms with E-state index in [9.17, 15) is 4.79 Å². The van der Waals surface area contributed by atoms with Crippen molar-refractivity contribution in [3.63, 3.8) is 0 Å². The molecule has 4 rings (SSSR count). The summed E-state index contributed by atoms with van der Waals surface area (Å²) in [5, 5.41) is 2.22. The first-order chi connectivity index (χ1) is 12.2. The number of hydrogen-bond donors (Lipinski definition) is 0. The first-order valence-corrected chi connectivity index (χ1v) is 10.2. The molecule has 0 bridgehead atoms. The van der Waals surface area contributed by atoms with Crippen molar-refractivity contribution in [2.45, 2.75) is 31.7 Å². The van der Waals surface area contributed by atoms with E-state index in [0.29, 0.717) is 5.91 Å². The fourth-order valence-electron chi connectivity index (χ4n) is 4.19. The average molecular weight is 355 g/mol. The van der Waals surface area contributed by atoms with Crippen molar-refractivity contribution in [2.24, 2.45) is 5.92 Å². The van der Waals surface area contributed by atoms with E-state index in [1.807, 2.05) is 18.0 Å². The fourth-order valence-corrected chi connectivity index (χ4v) is 5.27. The summed E-state index contributed by atoms with van der Waals surface area (Å²) in [5.74, 6) is 0.487. The largest absolute Gasteiger partial charge is 0.338 e. The van der Waals surface area contributed by atoms with Gasteiger partial charge in [-0.1, -0.05) is 36.8 Å². The van der Waals surface area contributed by atoms with E-state index in [2.05, 4.69) is 40.6 Å². The van der Waals surface area contributed by atoms with Gasteiger partial charge in [0.15, 0.2) is 0 Å². The van der Waals surface area contributed by atoms with Gasteiger partial charge in [-0.3, -0.25) is 4.79 Å². The summed E-state index contributed by atoms with van der Waals surface area (Å²) >= 11 is 1.79. The predicted molar refractivity (Wildman–Crippen MR) is 104 cm³/mol. The number of amides is 1. The lowest BCUT2D eigenvalue weighted by Gasteiger charge is -2.28. The van der Waals surface area contributed by atoms with Gasteiger partial charge >= 0.3 is 0 Å². The van der Waals surface area contributed by atoms with Crippen LogP contribution in [0, 0.1) is 5.92 Å². The highest BCUT2D eigenvalue weighted by molar-refractivity contribution is 7.10. The Balaban J connectivity index is 1.47. The van der Waals surface area contributed by atoms with Crippen molar-refractivity contribution >= 4 is 17.2 Å². The molecule has 2 aromatic rings. The van der Waals surface area contributed by atoms with Crippen molar-refractivity contribution in [1.82, 2.24) is 9.80 Å². The number of rotatable bonds is 4. The van der Waals surface area contributed by atoms with Crippen LogP contribution in [0.1, 0.15) is 36.6 Å². The highest BCUT2D eigenvalue weighted by atomic mass is 32.1. The number of carbonyl (C=O) groups excluding carboxylic acids is 1. The van der Waals surface area contributed by atoms with Crippen LogP contribution in [-0.2, 0) is 4.79 Å². The molecule has 2 saturated heterocycles.